The summed E-state index contributed by atoms with van der Waals surface area (Å²) in [5.74, 6) is 0. The number of nitrogens with one attached hydrogen (secondary N) is 1. The van der Waals surface area contributed by atoms with Crippen molar-refractivity contribution in [3.8, 4) is 0 Å². The van der Waals surface area contributed by atoms with Gasteiger partial charge in [0.25, 0.3) is 0 Å². The van der Waals surface area contributed by atoms with Gasteiger partial charge in [-0.3, -0.25) is 0 Å². The summed E-state index contributed by atoms with van der Waals surface area (Å²) in [7, 11) is 0. The third-order valence-corrected chi connectivity index (χ3v) is 4.26. The summed E-state index contributed by atoms with van der Waals surface area (Å²) in [5.41, 5.74) is 5.01. The molecule has 1 atom stereocenters. The smallest absolute Gasteiger partial charge is 0.0595 e. The minimum atomic E-state index is 0.135. The largest absolute Gasteiger partial charge is 0.307 e. The van der Waals surface area contributed by atoms with E-state index in [-0.39, 0.29) is 6.04 Å². The number of hydrogen-bond donors (Lipinski definition) is 1. The zero-order valence-electron chi connectivity index (χ0n) is 12.0. The molecule has 20 heavy (non-hydrogen) atoms. The fourth-order valence-corrected chi connectivity index (χ4v) is 2.87. The minimum Gasteiger partial charge on any atom is -0.307 e. The molecule has 0 aliphatic rings. The molecule has 0 aliphatic heterocycles. The van der Waals surface area contributed by atoms with Crippen molar-refractivity contribution in [1.29, 1.82) is 0 Å². The first kappa shape index (κ1) is 15.4. The molecule has 1 N–H and O–H groups in total. The minimum absolute atomic E-state index is 0.135. The Bertz CT molecular complexity index is 588. The molecule has 0 aliphatic carbocycles. The number of rotatable bonds is 4. The Morgan fingerprint density at radius 1 is 1.00 bits per heavy atom. The van der Waals surface area contributed by atoms with Crippen molar-refractivity contribution in [1.82, 2.24) is 5.32 Å². The molecule has 0 spiro atoms. The molecule has 2 rings (SSSR count). The second-order valence-corrected chi connectivity index (χ2v) is 5.78. The molecule has 3 heteroatoms. The van der Waals surface area contributed by atoms with Gasteiger partial charge in [0, 0.05) is 0 Å². The molecule has 0 bridgehead atoms. The average molecular weight is 308 g/mol. The Labute approximate surface area is 130 Å². The van der Waals surface area contributed by atoms with Crippen LogP contribution in [-0.2, 0) is 0 Å². The highest BCUT2D eigenvalue weighted by atomic mass is 35.5. The van der Waals surface area contributed by atoms with Crippen molar-refractivity contribution < 1.29 is 0 Å². The quantitative estimate of drug-likeness (QED) is 0.807. The highest BCUT2D eigenvalue weighted by Crippen LogP contribution is 2.31. The van der Waals surface area contributed by atoms with Crippen LogP contribution in [0.15, 0.2) is 36.4 Å². The zero-order chi connectivity index (χ0) is 14.7. The standard InChI is InChI=1S/C17H19Cl2N/c1-4-20-17(13-8-9-14(18)15(19)10-13)16-11(2)6-5-7-12(16)3/h5-10,17,20H,4H2,1-3H3. The van der Waals surface area contributed by atoms with Gasteiger partial charge in [0.1, 0.15) is 0 Å². The van der Waals surface area contributed by atoms with E-state index in [2.05, 4.69) is 44.3 Å². The highest BCUT2D eigenvalue weighted by Gasteiger charge is 2.18. The van der Waals surface area contributed by atoms with Crippen LogP contribution in [0.5, 0.6) is 0 Å². The third kappa shape index (κ3) is 3.17. The van der Waals surface area contributed by atoms with Crippen molar-refractivity contribution >= 4 is 23.2 Å². The fourth-order valence-electron chi connectivity index (χ4n) is 2.57. The number of hydrogen-bond acceptors (Lipinski definition) is 1. The monoisotopic (exact) mass is 307 g/mol. The van der Waals surface area contributed by atoms with Gasteiger partial charge in [-0.05, 0) is 54.8 Å². The molecule has 0 heterocycles. The SMILES string of the molecule is CCNC(c1ccc(Cl)c(Cl)c1)c1c(C)cccc1C. The van der Waals surface area contributed by atoms with E-state index in [1.807, 2.05) is 18.2 Å². The molecule has 0 aromatic heterocycles. The molecule has 106 valence electrons. The lowest BCUT2D eigenvalue weighted by molar-refractivity contribution is 0.625. The van der Waals surface area contributed by atoms with Crippen LogP contribution in [0.1, 0.15) is 35.2 Å². The Hall–Kier alpha value is -1.02. The lowest BCUT2D eigenvalue weighted by Crippen LogP contribution is -2.23. The Morgan fingerprint density at radius 2 is 1.65 bits per heavy atom. The summed E-state index contributed by atoms with van der Waals surface area (Å²) in [6, 6.07) is 12.4. The van der Waals surface area contributed by atoms with E-state index in [1.165, 1.54) is 16.7 Å². The lowest BCUT2D eigenvalue weighted by Gasteiger charge is -2.23. The molecule has 1 nitrogen and oxygen atoms in total. The normalized spacial score (nSPS) is 12.4. The molecule has 1 unspecified atom stereocenters. The second-order valence-electron chi connectivity index (χ2n) is 4.97. The summed E-state index contributed by atoms with van der Waals surface area (Å²) in [6.45, 7) is 7.28. The van der Waals surface area contributed by atoms with Crippen LogP contribution in [0.25, 0.3) is 0 Å². The number of halogens is 2. The van der Waals surface area contributed by atoms with E-state index in [4.69, 9.17) is 23.2 Å². The molecule has 0 saturated heterocycles. The first-order valence-electron chi connectivity index (χ1n) is 6.79. The summed E-state index contributed by atoms with van der Waals surface area (Å²) in [5, 5.41) is 4.73. The summed E-state index contributed by atoms with van der Waals surface area (Å²) < 4.78 is 0. The van der Waals surface area contributed by atoms with E-state index < -0.39 is 0 Å². The fraction of sp³-hybridized carbons (Fsp3) is 0.294. The summed E-state index contributed by atoms with van der Waals surface area (Å²) in [6.07, 6.45) is 0. The number of benzene rings is 2. The molecule has 0 amide bonds. The van der Waals surface area contributed by atoms with Crippen LogP contribution in [0.3, 0.4) is 0 Å². The summed E-state index contributed by atoms with van der Waals surface area (Å²) in [4.78, 5) is 0. The third-order valence-electron chi connectivity index (χ3n) is 3.52. The van der Waals surface area contributed by atoms with Crippen LogP contribution in [0.4, 0.5) is 0 Å². The van der Waals surface area contributed by atoms with Gasteiger partial charge in [0.05, 0.1) is 16.1 Å². The van der Waals surface area contributed by atoms with Gasteiger partial charge in [0.15, 0.2) is 0 Å². The Morgan fingerprint density at radius 3 is 2.20 bits per heavy atom. The van der Waals surface area contributed by atoms with Gasteiger partial charge < -0.3 is 5.32 Å². The van der Waals surface area contributed by atoms with Gasteiger partial charge >= 0.3 is 0 Å². The zero-order valence-corrected chi connectivity index (χ0v) is 13.5. The Kier molecular flexibility index (Phi) is 5.09. The lowest BCUT2D eigenvalue weighted by atomic mass is 9.91. The van der Waals surface area contributed by atoms with Crippen molar-refractivity contribution in [3.05, 3.63) is 68.7 Å². The van der Waals surface area contributed by atoms with Crippen molar-refractivity contribution in [2.75, 3.05) is 6.54 Å². The summed E-state index contributed by atoms with van der Waals surface area (Å²) >= 11 is 12.2. The highest BCUT2D eigenvalue weighted by molar-refractivity contribution is 6.42. The van der Waals surface area contributed by atoms with Crippen molar-refractivity contribution in [2.45, 2.75) is 26.8 Å². The second kappa shape index (κ2) is 6.62. The van der Waals surface area contributed by atoms with Crippen LogP contribution in [-0.4, -0.2) is 6.54 Å². The van der Waals surface area contributed by atoms with E-state index in [0.29, 0.717) is 10.0 Å². The van der Waals surface area contributed by atoms with Gasteiger partial charge in [-0.25, -0.2) is 0 Å². The number of aryl methyl sites for hydroxylation is 2. The van der Waals surface area contributed by atoms with Gasteiger partial charge in [0.2, 0.25) is 0 Å². The van der Waals surface area contributed by atoms with E-state index in [0.717, 1.165) is 12.1 Å². The van der Waals surface area contributed by atoms with E-state index in [9.17, 15) is 0 Å². The maximum absolute atomic E-state index is 6.17. The van der Waals surface area contributed by atoms with Crippen LogP contribution in [0.2, 0.25) is 10.0 Å². The van der Waals surface area contributed by atoms with E-state index >= 15 is 0 Å². The molecule has 2 aromatic rings. The Balaban J connectivity index is 2.53. The average Bonchev–Trinajstić information content (AvgIpc) is 2.41. The maximum Gasteiger partial charge on any atom is 0.0595 e. The van der Waals surface area contributed by atoms with Crippen LogP contribution in [0, 0.1) is 13.8 Å². The first-order valence-corrected chi connectivity index (χ1v) is 7.54. The van der Waals surface area contributed by atoms with Gasteiger partial charge in [-0.1, -0.05) is 54.4 Å². The van der Waals surface area contributed by atoms with Gasteiger partial charge in [-0.2, -0.15) is 0 Å². The molecule has 0 radical (unpaired) electrons. The predicted octanol–water partition coefficient (Wildman–Crippen LogP) is 5.31. The molecular weight excluding hydrogens is 289 g/mol. The topological polar surface area (TPSA) is 12.0 Å². The molecule has 0 fully saturated rings. The molecule has 0 saturated carbocycles. The van der Waals surface area contributed by atoms with Crippen LogP contribution >= 0.6 is 23.2 Å². The van der Waals surface area contributed by atoms with Crippen molar-refractivity contribution in [2.24, 2.45) is 0 Å². The van der Waals surface area contributed by atoms with Crippen LogP contribution < -0.4 is 5.32 Å². The first-order chi connectivity index (χ1) is 9.54. The molecule has 2 aromatic carbocycles. The van der Waals surface area contributed by atoms with Crippen molar-refractivity contribution in [3.63, 3.8) is 0 Å². The maximum atomic E-state index is 6.17. The predicted molar refractivity (Wildman–Crippen MR) is 87.9 cm³/mol. The molecular formula is C17H19Cl2N. The van der Waals surface area contributed by atoms with E-state index in [1.54, 1.807) is 0 Å². The van der Waals surface area contributed by atoms with Gasteiger partial charge in [-0.15, -0.1) is 0 Å².